The predicted octanol–water partition coefficient (Wildman–Crippen LogP) is 3.54. The molecule has 144 valence electrons. The fourth-order valence-electron chi connectivity index (χ4n) is 2.65. The van der Waals surface area contributed by atoms with E-state index in [-0.39, 0.29) is 17.3 Å². The molecule has 2 amide bonds. The Hall–Kier alpha value is -3.26. The maximum atomic E-state index is 13.0. The molecule has 0 saturated heterocycles. The van der Waals surface area contributed by atoms with Crippen LogP contribution in [0.5, 0.6) is 5.75 Å². The van der Waals surface area contributed by atoms with Crippen molar-refractivity contribution in [3.05, 3.63) is 75.0 Å². The third-order valence-electron chi connectivity index (χ3n) is 4.05. The van der Waals surface area contributed by atoms with Gasteiger partial charge in [0.1, 0.15) is 16.4 Å². The molecule has 3 N–H and O–H groups in total. The van der Waals surface area contributed by atoms with Crippen LogP contribution in [0.25, 0.3) is 0 Å². The lowest BCUT2D eigenvalue weighted by Crippen LogP contribution is -2.15. The molecule has 1 heterocycles. The molecule has 0 aliphatic carbocycles. The number of amides is 2. The number of rotatable bonds is 6. The number of ether oxygens (including phenoxy) is 1. The van der Waals surface area contributed by atoms with Gasteiger partial charge in [-0.1, -0.05) is 12.1 Å². The van der Waals surface area contributed by atoms with E-state index < -0.39 is 5.91 Å². The Morgan fingerprint density at radius 3 is 2.57 bits per heavy atom. The van der Waals surface area contributed by atoms with E-state index in [0.29, 0.717) is 28.4 Å². The average molecular weight is 399 g/mol. The van der Waals surface area contributed by atoms with Gasteiger partial charge in [-0.2, -0.15) is 0 Å². The third-order valence-corrected chi connectivity index (χ3v) is 5.20. The number of nitrogens with zero attached hydrogens (tertiary/aromatic N) is 1. The first-order chi connectivity index (χ1) is 13.4. The summed E-state index contributed by atoms with van der Waals surface area (Å²) in [5.74, 6) is -0.854. The molecule has 6 nitrogen and oxygen atoms in total. The maximum absolute atomic E-state index is 13.0. The van der Waals surface area contributed by atoms with Crippen molar-refractivity contribution in [2.75, 3.05) is 12.4 Å². The summed E-state index contributed by atoms with van der Waals surface area (Å²) in [6.45, 7) is 1.75. The molecule has 0 saturated carbocycles. The van der Waals surface area contributed by atoms with Gasteiger partial charge in [0.05, 0.1) is 23.5 Å². The largest absolute Gasteiger partial charge is 0.495 e. The number of benzene rings is 2. The van der Waals surface area contributed by atoms with E-state index >= 15 is 0 Å². The van der Waals surface area contributed by atoms with Crippen LogP contribution < -0.4 is 15.8 Å². The SMILES string of the molecule is COc1ccc(C(N)=O)cc1NC(=O)c1sc(Cc2ccc(F)cc2)nc1C. The summed E-state index contributed by atoms with van der Waals surface area (Å²) in [4.78, 5) is 29.0. The summed E-state index contributed by atoms with van der Waals surface area (Å²) in [7, 11) is 1.47. The quantitative estimate of drug-likeness (QED) is 0.663. The van der Waals surface area contributed by atoms with Crippen LogP contribution in [0.3, 0.4) is 0 Å². The highest BCUT2D eigenvalue weighted by Gasteiger charge is 2.18. The van der Waals surface area contributed by atoms with E-state index in [9.17, 15) is 14.0 Å². The van der Waals surface area contributed by atoms with Gasteiger partial charge in [0.2, 0.25) is 5.91 Å². The topological polar surface area (TPSA) is 94.3 Å². The summed E-state index contributed by atoms with van der Waals surface area (Å²) in [5, 5.41) is 3.49. The lowest BCUT2D eigenvalue weighted by atomic mass is 10.1. The van der Waals surface area contributed by atoms with E-state index in [4.69, 9.17) is 10.5 Å². The standard InChI is InChI=1S/C20H18FN3O3S/c1-11-18(28-17(23-11)9-12-3-6-14(21)7-4-12)20(26)24-15-10-13(19(22)25)5-8-16(15)27-2/h3-8,10H,9H2,1-2H3,(H2,22,25)(H,24,26). The van der Waals surface area contributed by atoms with Crippen molar-refractivity contribution in [2.24, 2.45) is 5.73 Å². The van der Waals surface area contributed by atoms with Crippen molar-refractivity contribution in [1.82, 2.24) is 4.98 Å². The fraction of sp³-hybridized carbons (Fsp3) is 0.150. The van der Waals surface area contributed by atoms with Gasteiger partial charge in [-0.05, 0) is 42.8 Å². The number of carbonyl (C=O) groups is 2. The molecule has 0 unspecified atom stereocenters. The van der Waals surface area contributed by atoms with Crippen LogP contribution in [0.1, 0.15) is 36.3 Å². The zero-order chi connectivity index (χ0) is 20.3. The lowest BCUT2D eigenvalue weighted by molar-refractivity contribution is 0.0996. The van der Waals surface area contributed by atoms with Gasteiger partial charge in [0.25, 0.3) is 5.91 Å². The van der Waals surface area contributed by atoms with Crippen LogP contribution in [0, 0.1) is 12.7 Å². The number of hydrogen-bond donors (Lipinski definition) is 2. The maximum Gasteiger partial charge on any atom is 0.267 e. The molecule has 8 heteroatoms. The van der Waals surface area contributed by atoms with Crippen molar-refractivity contribution >= 4 is 28.8 Å². The van der Waals surface area contributed by atoms with Gasteiger partial charge in [-0.3, -0.25) is 9.59 Å². The highest BCUT2D eigenvalue weighted by Crippen LogP contribution is 2.28. The molecule has 0 atom stereocenters. The number of anilines is 1. The fourth-order valence-corrected chi connectivity index (χ4v) is 3.65. The van der Waals surface area contributed by atoms with E-state index in [1.54, 1.807) is 25.1 Å². The van der Waals surface area contributed by atoms with E-state index in [0.717, 1.165) is 10.6 Å². The highest BCUT2D eigenvalue weighted by atomic mass is 32.1. The van der Waals surface area contributed by atoms with Crippen LogP contribution in [-0.4, -0.2) is 23.9 Å². The number of methoxy groups -OCH3 is 1. The second kappa shape index (κ2) is 8.18. The van der Waals surface area contributed by atoms with Crippen molar-refractivity contribution in [3.63, 3.8) is 0 Å². The number of halogens is 1. The normalized spacial score (nSPS) is 10.5. The van der Waals surface area contributed by atoms with Gasteiger partial charge in [0, 0.05) is 12.0 Å². The number of aromatic nitrogens is 1. The van der Waals surface area contributed by atoms with Gasteiger partial charge < -0.3 is 15.8 Å². The Balaban J connectivity index is 1.81. The van der Waals surface area contributed by atoms with Crippen molar-refractivity contribution in [1.29, 1.82) is 0 Å². The van der Waals surface area contributed by atoms with Crippen LogP contribution in [0.2, 0.25) is 0 Å². The Bertz CT molecular complexity index is 1030. The Kier molecular flexibility index (Phi) is 5.70. The van der Waals surface area contributed by atoms with Crippen LogP contribution >= 0.6 is 11.3 Å². The summed E-state index contributed by atoms with van der Waals surface area (Å²) < 4.78 is 18.3. The lowest BCUT2D eigenvalue weighted by Gasteiger charge is -2.10. The van der Waals surface area contributed by atoms with Gasteiger partial charge in [0.15, 0.2) is 0 Å². The van der Waals surface area contributed by atoms with Crippen LogP contribution in [0.15, 0.2) is 42.5 Å². The van der Waals surface area contributed by atoms with Crippen molar-refractivity contribution in [2.45, 2.75) is 13.3 Å². The molecule has 2 aromatic carbocycles. The Morgan fingerprint density at radius 2 is 1.93 bits per heavy atom. The second-order valence-corrected chi connectivity index (χ2v) is 7.14. The number of thiazole rings is 1. The molecule has 3 rings (SSSR count). The summed E-state index contributed by atoms with van der Waals surface area (Å²) >= 11 is 1.26. The van der Waals surface area contributed by atoms with Crippen LogP contribution in [0.4, 0.5) is 10.1 Å². The molecule has 0 radical (unpaired) electrons. The van der Waals surface area contributed by atoms with E-state index in [1.807, 2.05) is 0 Å². The van der Waals surface area contributed by atoms with Gasteiger partial charge in [-0.15, -0.1) is 11.3 Å². The molecule has 0 aliphatic rings. The molecule has 0 spiro atoms. The molecular formula is C20H18FN3O3S. The van der Waals surface area contributed by atoms with E-state index in [2.05, 4.69) is 10.3 Å². The molecule has 0 bridgehead atoms. The number of nitrogens with one attached hydrogen (secondary N) is 1. The Morgan fingerprint density at radius 1 is 1.21 bits per heavy atom. The first-order valence-corrected chi connectivity index (χ1v) is 9.19. The molecule has 0 aliphatic heterocycles. The molecule has 28 heavy (non-hydrogen) atoms. The molecule has 0 fully saturated rings. The summed E-state index contributed by atoms with van der Waals surface area (Å²) in [6.07, 6.45) is 0.500. The van der Waals surface area contributed by atoms with Crippen LogP contribution in [-0.2, 0) is 6.42 Å². The Labute approximate surface area is 165 Å². The molecular weight excluding hydrogens is 381 g/mol. The smallest absolute Gasteiger partial charge is 0.267 e. The van der Waals surface area contributed by atoms with Gasteiger partial charge >= 0.3 is 0 Å². The first kappa shape index (κ1) is 19.5. The minimum absolute atomic E-state index is 0.258. The van der Waals surface area contributed by atoms with Gasteiger partial charge in [-0.25, -0.2) is 9.37 Å². The van der Waals surface area contributed by atoms with Crippen molar-refractivity contribution < 1.29 is 18.7 Å². The second-order valence-electron chi connectivity index (χ2n) is 6.06. The zero-order valence-corrected chi connectivity index (χ0v) is 16.1. The highest BCUT2D eigenvalue weighted by molar-refractivity contribution is 7.14. The third kappa shape index (κ3) is 4.34. The minimum Gasteiger partial charge on any atom is -0.495 e. The first-order valence-electron chi connectivity index (χ1n) is 8.37. The minimum atomic E-state index is -0.603. The molecule has 3 aromatic rings. The predicted molar refractivity (Wildman–Crippen MR) is 106 cm³/mol. The summed E-state index contributed by atoms with van der Waals surface area (Å²) in [5.41, 5.74) is 7.39. The zero-order valence-electron chi connectivity index (χ0n) is 15.3. The number of hydrogen-bond acceptors (Lipinski definition) is 5. The number of aryl methyl sites for hydroxylation is 1. The average Bonchev–Trinajstić information content (AvgIpc) is 3.03. The number of primary amides is 1. The summed E-state index contributed by atoms with van der Waals surface area (Å²) in [6, 6.07) is 10.7. The number of carbonyl (C=O) groups excluding carboxylic acids is 2. The monoisotopic (exact) mass is 399 g/mol. The van der Waals surface area contributed by atoms with Crippen molar-refractivity contribution in [3.8, 4) is 5.75 Å². The number of nitrogens with two attached hydrogens (primary N) is 1. The molecule has 1 aromatic heterocycles. The van der Waals surface area contributed by atoms with E-state index in [1.165, 1.54) is 42.7 Å².